The van der Waals surface area contributed by atoms with Gasteiger partial charge in [0.25, 0.3) is 0 Å². The van der Waals surface area contributed by atoms with Gasteiger partial charge < -0.3 is 5.32 Å². The largest absolute Gasteiger partial charge is 0.380 e. The molecule has 1 aromatic carbocycles. The number of halogens is 1. The minimum Gasteiger partial charge on any atom is -0.380 e. The average Bonchev–Trinajstić information content (AvgIpc) is 2.67. The van der Waals surface area contributed by atoms with Gasteiger partial charge in [0.15, 0.2) is 5.82 Å². The Morgan fingerprint density at radius 1 is 1.24 bits per heavy atom. The summed E-state index contributed by atoms with van der Waals surface area (Å²) >= 11 is 1.66. The molecule has 0 amide bonds. The van der Waals surface area contributed by atoms with Gasteiger partial charge in [0, 0.05) is 35.2 Å². The van der Waals surface area contributed by atoms with Crippen molar-refractivity contribution in [3.8, 4) is 0 Å². The number of aromatic nitrogens is 2. The number of nitrogens with zero attached hydrogens (tertiary/aromatic N) is 2. The van der Waals surface area contributed by atoms with Gasteiger partial charge >= 0.3 is 0 Å². The Kier molecular flexibility index (Phi) is 5.74. The van der Waals surface area contributed by atoms with Gasteiger partial charge in [-0.2, -0.15) is 0 Å². The van der Waals surface area contributed by atoms with Crippen molar-refractivity contribution in [2.75, 3.05) is 5.75 Å². The summed E-state index contributed by atoms with van der Waals surface area (Å²) in [6.45, 7) is 0.336. The predicted molar refractivity (Wildman–Crippen MR) is 99.9 cm³/mol. The van der Waals surface area contributed by atoms with Crippen molar-refractivity contribution < 1.29 is 4.39 Å². The van der Waals surface area contributed by atoms with E-state index in [0.29, 0.717) is 17.9 Å². The van der Waals surface area contributed by atoms with Gasteiger partial charge in [-0.3, -0.25) is 5.41 Å². The number of rotatable bonds is 6. The minimum atomic E-state index is -0.249. The van der Waals surface area contributed by atoms with E-state index in [0.717, 1.165) is 16.4 Å². The first-order valence-electron chi connectivity index (χ1n) is 7.79. The van der Waals surface area contributed by atoms with Gasteiger partial charge in [-0.05, 0) is 24.3 Å². The van der Waals surface area contributed by atoms with Crippen LogP contribution < -0.4 is 5.32 Å². The van der Waals surface area contributed by atoms with Crippen LogP contribution in [-0.2, 0) is 6.54 Å². The lowest BCUT2D eigenvalue weighted by atomic mass is 10.2. The molecule has 2 aromatic rings. The van der Waals surface area contributed by atoms with E-state index in [1.54, 1.807) is 54.5 Å². The zero-order chi connectivity index (χ0) is 17.5. The molecule has 3 rings (SSSR count). The van der Waals surface area contributed by atoms with Crippen LogP contribution in [0.5, 0.6) is 0 Å². The standard InChI is InChI=1S/C19H17FN4S/c20-15-7-2-1-6-14(15)13-24-17(18-8-3-4-11-25-18)12-16(21)19-22-9-5-10-23-19/h1-10,12,21,24H,11,13H2/b17-12-,21-16?. The highest BCUT2D eigenvalue weighted by molar-refractivity contribution is 8.03. The van der Waals surface area contributed by atoms with Crippen molar-refractivity contribution in [3.05, 3.63) is 94.8 Å². The fraction of sp³-hybridized carbons (Fsp3) is 0.105. The summed E-state index contributed by atoms with van der Waals surface area (Å²) in [6.07, 6.45) is 10.9. The monoisotopic (exact) mass is 352 g/mol. The molecule has 0 radical (unpaired) electrons. The Labute approximate surface area is 150 Å². The summed E-state index contributed by atoms with van der Waals surface area (Å²) < 4.78 is 13.9. The van der Waals surface area contributed by atoms with Crippen molar-refractivity contribution in [1.29, 1.82) is 5.41 Å². The number of benzene rings is 1. The van der Waals surface area contributed by atoms with Crippen molar-refractivity contribution in [1.82, 2.24) is 15.3 Å². The van der Waals surface area contributed by atoms with E-state index in [1.165, 1.54) is 6.07 Å². The number of hydrogen-bond donors (Lipinski definition) is 2. The van der Waals surface area contributed by atoms with E-state index in [4.69, 9.17) is 5.41 Å². The highest BCUT2D eigenvalue weighted by Gasteiger charge is 2.11. The molecule has 2 N–H and O–H groups in total. The first-order chi connectivity index (χ1) is 12.2. The SMILES string of the molecule is N=C(/C=C(\NCc1ccccc1F)C1=CC=CCS1)c1ncccn1. The molecule has 126 valence electrons. The molecule has 0 spiro atoms. The Morgan fingerprint density at radius 2 is 2.04 bits per heavy atom. The van der Waals surface area contributed by atoms with Crippen LogP contribution in [0.4, 0.5) is 4.39 Å². The lowest BCUT2D eigenvalue weighted by Crippen LogP contribution is -2.17. The molecule has 0 bridgehead atoms. The fourth-order valence-electron chi connectivity index (χ4n) is 2.25. The summed E-state index contributed by atoms with van der Waals surface area (Å²) in [6, 6.07) is 8.37. The number of hydrogen-bond acceptors (Lipinski definition) is 5. The summed E-state index contributed by atoms with van der Waals surface area (Å²) in [7, 11) is 0. The van der Waals surface area contributed by atoms with Gasteiger partial charge in [-0.1, -0.05) is 30.4 Å². The Hall–Kier alpha value is -2.73. The third-order valence-electron chi connectivity index (χ3n) is 3.51. The summed E-state index contributed by atoms with van der Waals surface area (Å²) in [5, 5.41) is 11.5. The van der Waals surface area contributed by atoms with E-state index in [-0.39, 0.29) is 11.5 Å². The molecule has 0 atom stereocenters. The zero-order valence-electron chi connectivity index (χ0n) is 13.4. The zero-order valence-corrected chi connectivity index (χ0v) is 14.3. The maximum absolute atomic E-state index is 13.9. The van der Waals surface area contributed by atoms with Crippen LogP contribution >= 0.6 is 11.8 Å². The molecule has 0 saturated carbocycles. The lowest BCUT2D eigenvalue weighted by molar-refractivity contribution is 0.602. The van der Waals surface area contributed by atoms with Gasteiger partial charge in [-0.25, -0.2) is 14.4 Å². The number of nitrogens with one attached hydrogen (secondary N) is 2. The Morgan fingerprint density at radius 3 is 2.76 bits per heavy atom. The van der Waals surface area contributed by atoms with E-state index in [9.17, 15) is 4.39 Å². The van der Waals surface area contributed by atoms with Crippen molar-refractivity contribution in [3.63, 3.8) is 0 Å². The molecule has 1 aliphatic rings. The van der Waals surface area contributed by atoms with Crippen LogP contribution in [0, 0.1) is 11.2 Å². The normalized spacial score (nSPS) is 14.1. The third-order valence-corrected chi connectivity index (χ3v) is 4.53. The third kappa shape index (κ3) is 4.64. The number of thioether (sulfide) groups is 1. The molecule has 25 heavy (non-hydrogen) atoms. The van der Waals surface area contributed by atoms with Crippen molar-refractivity contribution in [2.45, 2.75) is 6.54 Å². The van der Waals surface area contributed by atoms with Gasteiger partial charge in [0.05, 0.1) is 5.70 Å². The van der Waals surface area contributed by atoms with Gasteiger partial charge in [0.2, 0.25) is 0 Å². The molecule has 0 unspecified atom stereocenters. The highest BCUT2D eigenvalue weighted by Crippen LogP contribution is 2.26. The Bertz CT molecular complexity index is 844. The van der Waals surface area contributed by atoms with Crippen LogP contribution in [0.15, 0.2) is 77.6 Å². The van der Waals surface area contributed by atoms with Crippen molar-refractivity contribution >= 4 is 17.5 Å². The molecular weight excluding hydrogens is 335 g/mol. The lowest BCUT2D eigenvalue weighted by Gasteiger charge is -2.16. The maximum Gasteiger partial charge on any atom is 0.177 e. The first kappa shape index (κ1) is 17.1. The minimum absolute atomic E-state index is 0.202. The Balaban J connectivity index is 1.84. The second kappa shape index (κ2) is 8.39. The van der Waals surface area contributed by atoms with E-state index < -0.39 is 0 Å². The average molecular weight is 352 g/mol. The molecule has 0 fully saturated rings. The van der Waals surface area contributed by atoms with Gasteiger partial charge in [-0.15, -0.1) is 11.8 Å². The summed E-state index contributed by atoms with van der Waals surface area (Å²) in [5.74, 6) is 0.963. The van der Waals surface area contributed by atoms with Crippen LogP contribution in [0.2, 0.25) is 0 Å². The summed E-state index contributed by atoms with van der Waals surface area (Å²) in [5.41, 5.74) is 1.54. The summed E-state index contributed by atoms with van der Waals surface area (Å²) in [4.78, 5) is 9.20. The fourth-order valence-corrected chi connectivity index (χ4v) is 3.10. The smallest absolute Gasteiger partial charge is 0.177 e. The first-order valence-corrected chi connectivity index (χ1v) is 8.77. The molecule has 1 aliphatic heterocycles. The van der Waals surface area contributed by atoms with E-state index in [2.05, 4.69) is 21.4 Å². The van der Waals surface area contributed by atoms with E-state index >= 15 is 0 Å². The van der Waals surface area contributed by atoms with Crippen LogP contribution in [0.3, 0.4) is 0 Å². The van der Waals surface area contributed by atoms with Crippen LogP contribution in [0.1, 0.15) is 11.4 Å². The maximum atomic E-state index is 13.9. The topological polar surface area (TPSA) is 61.7 Å². The highest BCUT2D eigenvalue weighted by atomic mass is 32.2. The molecule has 6 heteroatoms. The van der Waals surface area contributed by atoms with Gasteiger partial charge in [0.1, 0.15) is 11.5 Å². The molecular formula is C19H17FN4S. The molecule has 4 nitrogen and oxygen atoms in total. The second-order valence-electron chi connectivity index (χ2n) is 5.26. The molecule has 2 heterocycles. The van der Waals surface area contributed by atoms with Crippen molar-refractivity contribution in [2.24, 2.45) is 0 Å². The van der Waals surface area contributed by atoms with Crippen LogP contribution in [0.25, 0.3) is 0 Å². The number of allylic oxidation sites excluding steroid dienone is 3. The molecule has 0 aliphatic carbocycles. The predicted octanol–water partition coefficient (Wildman–Crippen LogP) is 3.84. The van der Waals surface area contributed by atoms with E-state index in [1.807, 2.05) is 12.2 Å². The molecule has 1 aromatic heterocycles. The van der Waals surface area contributed by atoms with Crippen LogP contribution in [-0.4, -0.2) is 21.4 Å². The molecule has 0 saturated heterocycles. The second-order valence-corrected chi connectivity index (χ2v) is 6.32. The quantitative estimate of drug-likeness (QED) is 0.776.